The molecule has 0 amide bonds. The maximum atomic E-state index is 11.4. The van der Waals surface area contributed by atoms with Crippen LogP contribution in [0.15, 0.2) is 12.7 Å². The molecule has 0 spiro atoms. The van der Waals surface area contributed by atoms with Crippen LogP contribution in [0.3, 0.4) is 0 Å². The Morgan fingerprint density at radius 1 is 1.25 bits per heavy atom. The molecule has 0 aliphatic rings. The van der Waals surface area contributed by atoms with Crippen molar-refractivity contribution in [2.75, 3.05) is 13.2 Å². The van der Waals surface area contributed by atoms with Crippen LogP contribution in [0.1, 0.15) is 33.1 Å². The monoisotopic (exact) mass is 228 g/mol. The summed E-state index contributed by atoms with van der Waals surface area (Å²) in [5.74, 6) is -0.829. The summed E-state index contributed by atoms with van der Waals surface area (Å²) in [5, 5.41) is 0. The van der Waals surface area contributed by atoms with Crippen LogP contribution >= 0.6 is 0 Å². The van der Waals surface area contributed by atoms with Gasteiger partial charge in [-0.15, -0.1) is 6.58 Å². The summed E-state index contributed by atoms with van der Waals surface area (Å²) in [6.45, 7) is 7.86. The fourth-order valence-electron chi connectivity index (χ4n) is 1.28. The van der Waals surface area contributed by atoms with Crippen LogP contribution in [-0.2, 0) is 19.1 Å². The second kappa shape index (κ2) is 8.95. The second-order valence-corrected chi connectivity index (χ2v) is 3.29. The third-order valence-corrected chi connectivity index (χ3v) is 2.08. The molecule has 0 heterocycles. The summed E-state index contributed by atoms with van der Waals surface area (Å²) in [4.78, 5) is 22.4. The number of carbonyl (C=O) groups excluding carboxylic acids is 2. The number of carbonyl (C=O) groups is 2. The van der Waals surface area contributed by atoms with Gasteiger partial charge in [-0.1, -0.05) is 6.08 Å². The van der Waals surface area contributed by atoms with E-state index in [4.69, 9.17) is 9.47 Å². The predicted octanol–water partition coefficient (Wildman–Crippen LogP) is 2.09. The molecule has 0 fully saturated rings. The number of rotatable bonds is 8. The highest BCUT2D eigenvalue weighted by atomic mass is 16.5. The highest BCUT2D eigenvalue weighted by Crippen LogP contribution is 2.12. The first kappa shape index (κ1) is 14.7. The first-order chi connectivity index (χ1) is 7.65. The first-order valence-corrected chi connectivity index (χ1v) is 5.60. The zero-order chi connectivity index (χ0) is 12.4. The molecule has 16 heavy (non-hydrogen) atoms. The predicted molar refractivity (Wildman–Crippen MR) is 60.8 cm³/mol. The summed E-state index contributed by atoms with van der Waals surface area (Å²) >= 11 is 0. The largest absolute Gasteiger partial charge is 0.466 e. The molecule has 4 nitrogen and oxygen atoms in total. The molecule has 0 radical (unpaired) electrons. The molecule has 0 bridgehead atoms. The molecular weight excluding hydrogens is 208 g/mol. The summed E-state index contributed by atoms with van der Waals surface area (Å²) in [5.41, 5.74) is 0. The number of hydrogen-bond donors (Lipinski definition) is 0. The van der Waals surface area contributed by atoms with Crippen molar-refractivity contribution >= 4 is 11.9 Å². The molecule has 0 rings (SSSR count). The van der Waals surface area contributed by atoms with Gasteiger partial charge in [0, 0.05) is 6.42 Å². The van der Waals surface area contributed by atoms with Crippen molar-refractivity contribution in [2.45, 2.75) is 33.1 Å². The summed E-state index contributed by atoms with van der Waals surface area (Å²) < 4.78 is 9.66. The van der Waals surface area contributed by atoms with Gasteiger partial charge in [-0.3, -0.25) is 9.59 Å². The Kier molecular flexibility index (Phi) is 8.21. The minimum atomic E-state index is -0.325. The van der Waals surface area contributed by atoms with E-state index in [1.54, 1.807) is 19.9 Å². The molecule has 4 heteroatoms. The average molecular weight is 228 g/mol. The zero-order valence-electron chi connectivity index (χ0n) is 10.0. The van der Waals surface area contributed by atoms with E-state index in [1.807, 2.05) is 0 Å². The topological polar surface area (TPSA) is 52.6 Å². The van der Waals surface area contributed by atoms with Gasteiger partial charge in [0.1, 0.15) is 0 Å². The molecule has 0 saturated heterocycles. The Labute approximate surface area is 96.6 Å². The molecule has 92 valence electrons. The zero-order valence-corrected chi connectivity index (χ0v) is 10.0. The van der Waals surface area contributed by atoms with Crippen molar-refractivity contribution < 1.29 is 19.1 Å². The van der Waals surface area contributed by atoms with Gasteiger partial charge in [0.2, 0.25) is 0 Å². The van der Waals surface area contributed by atoms with E-state index >= 15 is 0 Å². The Morgan fingerprint density at radius 2 is 1.88 bits per heavy atom. The van der Waals surface area contributed by atoms with Gasteiger partial charge in [0.25, 0.3) is 0 Å². The summed E-state index contributed by atoms with van der Waals surface area (Å²) in [6.07, 6.45) is 3.07. The van der Waals surface area contributed by atoms with E-state index in [2.05, 4.69) is 6.58 Å². The Balaban J connectivity index is 3.83. The molecular formula is C12H20O4. The molecule has 0 aromatic rings. The van der Waals surface area contributed by atoms with Crippen LogP contribution in [0.25, 0.3) is 0 Å². The van der Waals surface area contributed by atoms with E-state index in [9.17, 15) is 9.59 Å². The van der Waals surface area contributed by atoms with Gasteiger partial charge in [0.05, 0.1) is 19.1 Å². The van der Waals surface area contributed by atoms with Crippen LogP contribution < -0.4 is 0 Å². The van der Waals surface area contributed by atoms with Gasteiger partial charge in [0.15, 0.2) is 0 Å². The Bertz CT molecular complexity index is 235. The van der Waals surface area contributed by atoms with Crippen LogP contribution in [-0.4, -0.2) is 25.2 Å². The normalized spacial score (nSPS) is 11.6. The maximum absolute atomic E-state index is 11.4. The quantitative estimate of drug-likeness (QED) is 0.471. The van der Waals surface area contributed by atoms with Gasteiger partial charge >= 0.3 is 11.9 Å². The molecule has 0 N–H and O–H groups in total. The highest BCUT2D eigenvalue weighted by Gasteiger charge is 2.16. The van der Waals surface area contributed by atoms with Crippen molar-refractivity contribution in [3.8, 4) is 0 Å². The molecule has 1 atom stereocenters. The van der Waals surface area contributed by atoms with E-state index in [1.165, 1.54) is 0 Å². The minimum absolute atomic E-state index is 0.228. The lowest BCUT2D eigenvalue weighted by molar-refractivity contribution is -0.147. The van der Waals surface area contributed by atoms with Gasteiger partial charge in [-0.2, -0.15) is 0 Å². The molecule has 0 saturated carbocycles. The third kappa shape index (κ3) is 6.22. The Morgan fingerprint density at radius 3 is 2.38 bits per heavy atom. The molecule has 1 unspecified atom stereocenters. The molecule has 0 aromatic carbocycles. The number of esters is 2. The standard InChI is InChI=1S/C12H20O4/c1-4-10(12(14)16-6-3)8-7-9-11(13)15-5-2/h4,10H,1,5-9H2,2-3H3. The minimum Gasteiger partial charge on any atom is -0.466 e. The van der Waals surface area contributed by atoms with E-state index in [0.717, 1.165) is 0 Å². The molecule has 0 aliphatic carbocycles. The van der Waals surface area contributed by atoms with E-state index in [0.29, 0.717) is 32.5 Å². The van der Waals surface area contributed by atoms with Crippen LogP contribution in [0, 0.1) is 5.92 Å². The fourth-order valence-corrected chi connectivity index (χ4v) is 1.28. The van der Waals surface area contributed by atoms with E-state index < -0.39 is 0 Å². The van der Waals surface area contributed by atoms with Crippen LogP contribution in [0.4, 0.5) is 0 Å². The van der Waals surface area contributed by atoms with Gasteiger partial charge < -0.3 is 9.47 Å². The van der Waals surface area contributed by atoms with E-state index in [-0.39, 0.29) is 17.9 Å². The van der Waals surface area contributed by atoms with Crippen molar-refractivity contribution in [3.63, 3.8) is 0 Å². The van der Waals surface area contributed by atoms with Gasteiger partial charge in [-0.25, -0.2) is 0 Å². The highest BCUT2D eigenvalue weighted by molar-refractivity contribution is 5.74. The number of ether oxygens (including phenoxy) is 2. The summed E-state index contributed by atoms with van der Waals surface area (Å²) in [6, 6.07) is 0. The second-order valence-electron chi connectivity index (χ2n) is 3.29. The molecule has 0 aliphatic heterocycles. The lowest BCUT2D eigenvalue weighted by Gasteiger charge is -2.10. The summed E-state index contributed by atoms with van der Waals surface area (Å²) in [7, 11) is 0. The fraction of sp³-hybridized carbons (Fsp3) is 0.667. The third-order valence-electron chi connectivity index (χ3n) is 2.08. The van der Waals surface area contributed by atoms with Crippen molar-refractivity contribution in [1.82, 2.24) is 0 Å². The van der Waals surface area contributed by atoms with Crippen molar-refractivity contribution in [2.24, 2.45) is 5.92 Å². The van der Waals surface area contributed by atoms with Crippen molar-refractivity contribution in [1.29, 1.82) is 0 Å². The van der Waals surface area contributed by atoms with Crippen LogP contribution in [0.2, 0.25) is 0 Å². The Hall–Kier alpha value is -1.32. The SMILES string of the molecule is C=CC(CCCC(=O)OCC)C(=O)OCC. The number of hydrogen-bond acceptors (Lipinski definition) is 4. The first-order valence-electron chi connectivity index (χ1n) is 5.60. The van der Waals surface area contributed by atoms with Crippen LogP contribution in [0.5, 0.6) is 0 Å². The smallest absolute Gasteiger partial charge is 0.312 e. The average Bonchev–Trinajstić information content (AvgIpc) is 2.25. The lowest BCUT2D eigenvalue weighted by atomic mass is 10.0. The lowest BCUT2D eigenvalue weighted by Crippen LogP contribution is -2.16. The molecule has 0 aromatic heterocycles. The van der Waals surface area contributed by atoms with Gasteiger partial charge in [-0.05, 0) is 26.7 Å². The van der Waals surface area contributed by atoms with Crippen molar-refractivity contribution in [3.05, 3.63) is 12.7 Å². The maximum Gasteiger partial charge on any atom is 0.312 e.